The van der Waals surface area contributed by atoms with Crippen molar-refractivity contribution in [2.45, 2.75) is 50.5 Å². The van der Waals surface area contributed by atoms with Gasteiger partial charge >= 0.3 is 5.97 Å². The van der Waals surface area contributed by atoms with Crippen molar-refractivity contribution in [2.75, 3.05) is 6.61 Å². The Bertz CT molecular complexity index is 399. The molecular weight excluding hydrogens is 258 g/mol. The predicted molar refractivity (Wildman–Crippen MR) is 74.0 cm³/mol. The van der Waals surface area contributed by atoms with Crippen molar-refractivity contribution in [3.8, 4) is 0 Å². The number of carboxylic acids is 1. The van der Waals surface area contributed by atoms with Crippen molar-refractivity contribution in [2.24, 2.45) is 11.8 Å². The second kappa shape index (κ2) is 6.39. The van der Waals surface area contributed by atoms with Crippen LogP contribution in [0.4, 0.5) is 0 Å². The van der Waals surface area contributed by atoms with Gasteiger partial charge in [0.2, 0.25) is 5.91 Å². The van der Waals surface area contributed by atoms with Gasteiger partial charge in [-0.3, -0.25) is 9.59 Å². The first kappa shape index (κ1) is 15.0. The minimum absolute atomic E-state index is 0.0704. The summed E-state index contributed by atoms with van der Waals surface area (Å²) in [5.41, 5.74) is -0.542. The zero-order valence-electron chi connectivity index (χ0n) is 11.7. The Morgan fingerprint density at radius 2 is 1.70 bits per heavy atom. The smallest absolute Gasteiger partial charge is 0.307 e. The maximum atomic E-state index is 12.4. The highest BCUT2D eigenvalue weighted by Gasteiger charge is 2.39. The van der Waals surface area contributed by atoms with E-state index >= 15 is 0 Å². The molecule has 0 aromatic carbocycles. The Morgan fingerprint density at radius 3 is 2.25 bits per heavy atom. The summed E-state index contributed by atoms with van der Waals surface area (Å²) >= 11 is 0. The fourth-order valence-corrected chi connectivity index (χ4v) is 3.28. The molecule has 0 saturated heterocycles. The van der Waals surface area contributed by atoms with E-state index in [1.165, 1.54) is 0 Å². The van der Waals surface area contributed by atoms with Crippen LogP contribution >= 0.6 is 0 Å². The summed E-state index contributed by atoms with van der Waals surface area (Å²) in [6, 6.07) is 0. The molecule has 5 nitrogen and oxygen atoms in total. The average Bonchev–Trinajstić information content (AvgIpc) is 2.48. The monoisotopic (exact) mass is 281 g/mol. The van der Waals surface area contributed by atoms with Gasteiger partial charge in [0, 0.05) is 0 Å². The van der Waals surface area contributed by atoms with Crippen LogP contribution in [0.1, 0.15) is 44.9 Å². The Hall–Kier alpha value is -1.36. The molecule has 0 bridgehead atoms. The third-order valence-corrected chi connectivity index (χ3v) is 4.59. The Kier molecular flexibility index (Phi) is 4.81. The SMILES string of the molecule is O=C(O)[C@H]1CC=CC[C@H]1C(=O)NC1(CO)CCCCC1. The second-order valence-corrected chi connectivity index (χ2v) is 5.98. The Labute approximate surface area is 119 Å². The minimum atomic E-state index is -0.920. The lowest BCUT2D eigenvalue weighted by Gasteiger charge is -2.38. The van der Waals surface area contributed by atoms with Crippen LogP contribution in [0, 0.1) is 11.8 Å². The van der Waals surface area contributed by atoms with Gasteiger partial charge in [-0.1, -0.05) is 31.4 Å². The molecule has 5 heteroatoms. The number of rotatable bonds is 4. The Balaban J connectivity index is 2.05. The average molecular weight is 281 g/mol. The largest absolute Gasteiger partial charge is 0.481 e. The molecule has 1 saturated carbocycles. The standard InChI is InChI=1S/C15H23NO4/c17-10-15(8-4-1-5-9-15)16-13(18)11-6-2-3-7-12(11)14(19)20/h2-3,11-12,17H,1,4-10H2,(H,16,18)(H,19,20)/t11-,12+/m1/s1. The van der Waals surface area contributed by atoms with E-state index in [0.717, 1.165) is 32.1 Å². The summed E-state index contributed by atoms with van der Waals surface area (Å²) in [5, 5.41) is 21.8. The van der Waals surface area contributed by atoms with E-state index in [4.69, 9.17) is 0 Å². The van der Waals surface area contributed by atoms with Gasteiger partial charge in [0.05, 0.1) is 24.0 Å². The first-order valence-electron chi connectivity index (χ1n) is 7.39. The second-order valence-electron chi connectivity index (χ2n) is 5.98. The first-order valence-corrected chi connectivity index (χ1v) is 7.39. The van der Waals surface area contributed by atoms with Gasteiger partial charge in [0.1, 0.15) is 0 Å². The summed E-state index contributed by atoms with van der Waals surface area (Å²) in [4.78, 5) is 23.7. The van der Waals surface area contributed by atoms with E-state index in [-0.39, 0.29) is 12.5 Å². The van der Waals surface area contributed by atoms with Crippen LogP contribution in [0.3, 0.4) is 0 Å². The van der Waals surface area contributed by atoms with Crippen LogP contribution in [0.15, 0.2) is 12.2 Å². The number of aliphatic hydroxyl groups is 1. The first-order chi connectivity index (χ1) is 9.58. The number of nitrogens with one attached hydrogen (secondary N) is 1. The molecule has 0 radical (unpaired) electrons. The van der Waals surface area contributed by atoms with E-state index < -0.39 is 23.3 Å². The van der Waals surface area contributed by atoms with Crippen LogP contribution in [0.25, 0.3) is 0 Å². The number of aliphatic hydroxyl groups excluding tert-OH is 1. The summed E-state index contributed by atoms with van der Waals surface area (Å²) in [6.07, 6.45) is 9.22. The van der Waals surface area contributed by atoms with Gasteiger partial charge in [-0.15, -0.1) is 0 Å². The normalized spacial score (nSPS) is 28.9. The molecule has 0 heterocycles. The van der Waals surface area contributed by atoms with Crippen molar-refractivity contribution in [1.82, 2.24) is 5.32 Å². The molecule has 2 aliphatic carbocycles. The molecular formula is C15H23NO4. The molecule has 2 aliphatic rings. The van der Waals surface area contributed by atoms with Crippen molar-refractivity contribution in [1.29, 1.82) is 0 Å². The van der Waals surface area contributed by atoms with Crippen molar-refractivity contribution in [3.63, 3.8) is 0 Å². The molecule has 1 fully saturated rings. The van der Waals surface area contributed by atoms with Crippen molar-refractivity contribution >= 4 is 11.9 Å². The molecule has 0 spiro atoms. The molecule has 1 amide bonds. The van der Waals surface area contributed by atoms with Crippen LogP contribution in [0.5, 0.6) is 0 Å². The van der Waals surface area contributed by atoms with Gasteiger partial charge in [-0.2, -0.15) is 0 Å². The topological polar surface area (TPSA) is 86.6 Å². The lowest BCUT2D eigenvalue weighted by Crippen LogP contribution is -2.55. The van der Waals surface area contributed by atoms with Gasteiger partial charge in [-0.25, -0.2) is 0 Å². The Morgan fingerprint density at radius 1 is 1.10 bits per heavy atom. The molecule has 0 unspecified atom stereocenters. The van der Waals surface area contributed by atoms with Crippen LogP contribution in [-0.4, -0.2) is 34.2 Å². The van der Waals surface area contributed by atoms with Crippen molar-refractivity contribution < 1.29 is 19.8 Å². The molecule has 0 aliphatic heterocycles. The summed E-state index contributed by atoms with van der Waals surface area (Å²) < 4.78 is 0. The van der Waals surface area contributed by atoms with E-state index in [9.17, 15) is 19.8 Å². The number of hydrogen-bond donors (Lipinski definition) is 3. The minimum Gasteiger partial charge on any atom is -0.481 e. The highest BCUT2D eigenvalue weighted by molar-refractivity contribution is 5.85. The molecule has 0 aromatic heterocycles. The molecule has 112 valence electrons. The molecule has 20 heavy (non-hydrogen) atoms. The summed E-state index contributed by atoms with van der Waals surface area (Å²) in [6.45, 7) is -0.0704. The lowest BCUT2D eigenvalue weighted by atomic mass is 9.79. The molecule has 2 atom stereocenters. The lowest BCUT2D eigenvalue weighted by molar-refractivity contribution is -0.148. The number of hydrogen-bond acceptors (Lipinski definition) is 3. The summed E-state index contributed by atoms with van der Waals surface area (Å²) in [5.74, 6) is -2.32. The molecule has 0 aromatic rings. The van der Waals surface area contributed by atoms with Gasteiger partial charge in [0.25, 0.3) is 0 Å². The van der Waals surface area contributed by atoms with E-state index in [0.29, 0.717) is 12.8 Å². The van der Waals surface area contributed by atoms with Crippen molar-refractivity contribution in [3.05, 3.63) is 12.2 Å². The van der Waals surface area contributed by atoms with Crippen LogP contribution in [0.2, 0.25) is 0 Å². The van der Waals surface area contributed by atoms with E-state index in [2.05, 4.69) is 5.32 Å². The van der Waals surface area contributed by atoms with Crippen LogP contribution in [-0.2, 0) is 9.59 Å². The highest BCUT2D eigenvalue weighted by atomic mass is 16.4. The number of amides is 1. The zero-order valence-corrected chi connectivity index (χ0v) is 11.7. The van der Waals surface area contributed by atoms with Gasteiger partial charge < -0.3 is 15.5 Å². The van der Waals surface area contributed by atoms with Gasteiger partial charge in [0.15, 0.2) is 0 Å². The van der Waals surface area contributed by atoms with Gasteiger partial charge in [-0.05, 0) is 25.7 Å². The summed E-state index contributed by atoms with van der Waals surface area (Å²) in [7, 11) is 0. The van der Waals surface area contributed by atoms with Crippen LogP contribution < -0.4 is 5.32 Å². The number of carbonyl (C=O) groups excluding carboxylic acids is 1. The fraction of sp³-hybridized carbons (Fsp3) is 0.733. The zero-order chi connectivity index (χ0) is 14.6. The number of allylic oxidation sites excluding steroid dienone is 2. The molecule has 3 N–H and O–H groups in total. The van der Waals surface area contributed by atoms with E-state index in [1.54, 1.807) is 0 Å². The maximum Gasteiger partial charge on any atom is 0.307 e. The third-order valence-electron chi connectivity index (χ3n) is 4.59. The molecule has 2 rings (SSSR count). The highest BCUT2D eigenvalue weighted by Crippen LogP contribution is 2.31. The third kappa shape index (κ3) is 3.20. The number of carbonyl (C=O) groups is 2. The number of aliphatic carboxylic acids is 1. The predicted octanol–water partition coefficient (Wildman–Crippen LogP) is 1.46. The van der Waals surface area contributed by atoms with E-state index in [1.807, 2.05) is 12.2 Å². The maximum absolute atomic E-state index is 12.4. The number of carboxylic acid groups (broad SMARTS) is 1. The fourth-order valence-electron chi connectivity index (χ4n) is 3.28. The quantitative estimate of drug-likeness (QED) is 0.681.